The van der Waals surface area contributed by atoms with Crippen molar-refractivity contribution in [2.45, 2.75) is 76.4 Å². The molecule has 6 heteroatoms. The van der Waals surface area contributed by atoms with Gasteiger partial charge >= 0.3 is 0 Å². The summed E-state index contributed by atoms with van der Waals surface area (Å²) < 4.78 is 10.9. The normalized spacial score (nSPS) is 25.0. The second kappa shape index (κ2) is 9.90. The van der Waals surface area contributed by atoms with Crippen molar-refractivity contribution in [3.8, 4) is 11.5 Å². The SMILES string of the molecule is CCNC(=NCC(C)(C)c1ccc(OC)c(OC)c1)NC1CC2CCCC(C1)N2C. The highest BCUT2D eigenvalue weighted by molar-refractivity contribution is 5.80. The summed E-state index contributed by atoms with van der Waals surface area (Å²) in [5, 5.41) is 7.19. The number of hydrogen-bond donors (Lipinski definition) is 2. The number of nitrogens with one attached hydrogen (secondary N) is 2. The van der Waals surface area contributed by atoms with E-state index in [0.29, 0.717) is 24.7 Å². The number of hydrogen-bond acceptors (Lipinski definition) is 4. The fourth-order valence-electron chi connectivity index (χ4n) is 4.87. The first-order chi connectivity index (χ1) is 14.4. The molecule has 0 spiro atoms. The molecule has 0 radical (unpaired) electrons. The maximum atomic E-state index is 5.49. The highest BCUT2D eigenvalue weighted by atomic mass is 16.5. The van der Waals surface area contributed by atoms with E-state index in [-0.39, 0.29) is 5.41 Å². The quantitative estimate of drug-likeness (QED) is 0.526. The molecule has 2 aliphatic heterocycles. The van der Waals surface area contributed by atoms with Crippen LogP contribution in [0.25, 0.3) is 0 Å². The predicted molar refractivity (Wildman–Crippen MR) is 124 cm³/mol. The average Bonchev–Trinajstić information content (AvgIpc) is 2.72. The molecule has 0 saturated carbocycles. The first-order valence-electron chi connectivity index (χ1n) is 11.4. The maximum absolute atomic E-state index is 5.49. The molecule has 0 aliphatic carbocycles. The lowest BCUT2D eigenvalue weighted by Gasteiger charge is -2.47. The third kappa shape index (κ3) is 5.20. The highest BCUT2D eigenvalue weighted by Crippen LogP contribution is 2.34. The molecule has 2 N–H and O–H groups in total. The van der Waals surface area contributed by atoms with Crippen molar-refractivity contribution in [2.75, 3.05) is 34.4 Å². The zero-order valence-electron chi connectivity index (χ0n) is 19.6. The van der Waals surface area contributed by atoms with Crippen molar-refractivity contribution in [2.24, 2.45) is 4.99 Å². The van der Waals surface area contributed by atoms with E-state index in [4.69, 9.17) is 14.5 Å². The van der Waals surface area contributed by atoms with Crippen molar-refractivity contribution in [1.82, 2.24) is 15.5 Å². The zero-order valence-corrected chi connectivity index (χ0v) is 19.6. The van der Waals surface area contributed by atoms with E-state index in [0.717, 1.165) is 24.0 Å². The van der Waals surface area contributed by atoms with Gasteiger partial charge in [0, 0.05) is 30.1 Å². The first kappa shape index (κ1) is 22.7. The van der Waals surface area contributed by atoms with Gasteiger partial charge in [-0.1, -0.05) is 26.3 Å². The Morgan fingerprint density at radius 3 is 2.40 bits per heavy atom. The molecule has 6 nitrogen and oxygen atoms in total. The minimum Gasteiger partial charge on any atom is -0.493 e. The number of methoxy groups -OCH3 is 2. The zero-order chi connectivity index (χ0) is 21.7. The predicted octanol–water partition coefficient (Wildman–Crippen LogP) is 3.55. The molecule has 2 heterocycles. The van der Waals surface area contributed by atoms with Crippen molar-refractivity contribution in [3.05, 3.63) is 23.8 Å². The third-order valence-corrected chi connectivity index (χ3v) is 6.82. The molecular formula is C24H40N4O2. The second-order valence-corrected chi connectivity index (χ2v) is 9.37. The Kier molecular flexibility index (Phi) is 7.50. The van der Waals surface area contributed by atoms with Gasteiger partial charge in [0.05, 0.1) is 20.8 Å². The number of piperidine rings is 2. The van der Waals surface area contributed by atoms with Crippen LogP contribution in [-0.2, 0) is 5.41 Å². The first-order valence-corrected chi connectivity index (χ1v) is 11.4. The molecule has 2 unspecified atom stereocenters. The third-order valence-electron chi connectivity index (χ3n) is 6.82. The number of guanidine groups is 1. The Bertz CT molecular complexity index is 720. The Morgan fingerprint density at radius 2 is 1.80 bits per heavy atom. The molecule has 168 valence electrons. The van der Waals surface area contributed by atoms with Crippen LogP contribution in [-0.4, -0.2) is 63.3 Å². The van der Waals surface area contributed by atoms with Crippen molar-refractivity contribution < 1.29 is 9.47 Å². The smallest absolute Gasteiger partial charge is 0.191 e. The fraction of sp³-hybridized carbons (Fsp3) is 0.708. The van der Waals surface area contributed by atoms with Gasteiger partial charge in [0.2, 0.25) is 0 Å². The van der Waals surface area contributed by atoms with Crippen LogP contribution in [0.5, 0.6) is 11.5 Å². The molecule has 2 saturated heterocycles. The van der Waals surface area contributed by atoms with E-state index < -0.39 is 0 Å². The van der Waals surface area contributed by atoms with Gasteiger partial charge in [0.1, 0.15) is 0 Å². The van der Waals surface area contributed by atoms with Crippen molar-refractivity contribution in [1.29, 1.82) is 0 Å². The summed E-state index contributed by atoms with van der Waals surface area (Å²) in [6, 6.07) is 8.06. The summed E-state index contributed by atoms with van der Waals surface area (Å²) >= 11 is 0. The largest absolute Gasteiger partial charge is 0.493 e. The Balaban J connectivity index is 1.69. The molecule has 30 heavy (non-hydrogen) atoms. The molecular weight excluding hydrogens is 376 g/mol. The molecule has 2 atom stereocenters. The van der Waals surface area contributed by atoms with Crippen molar-refractivity contribution >= 4 is 5.96 Å². The minimum atomic E-state index is -0.120. The van der Waals surface area contributed by atoms with Crippen LogP contribution in [0, 0.1) is 0 Å². The number of ether oxygens (including phenoxy) is 2. The Labute approximate surface area is 182 Å². The van der Waals surface area contributed by atoms with E-state index in [2.05, 4.69) is 55.5 Å². The van der Waals surface area contributed by atoms with Gasteiger partial charge in [-0.3, -0.25) is 4.99 Å². The minimum absolute atomic E-state index is 0.120. The van der Waals surface area contributed by atoms with Crippen molar-refractivity contribution in [3.63, 3.8) is 0 Å². The number of nitrogens with zero attached hydrogens (tertiary/aromatic N) is 2. The topological polar surface area (TPSA) is 58.1 Å². The lowest BCUT2D eigenvalue weighted by Crippen LogP contribution is -2.56. The van der Waals surface area contributed by atoms with E-state index in [1.807, 2.05) is 6.07 Å². The second-order valence-electron chi connectivity index (χ2n) is 9.37. The molecule has 0 aromatic heterocycles. The van der Waals surface area contributed by atoms with Crippen LogP contribution < -0.4 is 20.1 Å². The summed E-state index contributed by atoms with van der Waals surface area (Å²) in [5.74, 6) is 2.44. The van der Waals surface area contributed by atoms with Crippen LogP contribution in [0.4, 0.5) is 0 Å². The number of aliphatic imine (C=N–C) groups is 1. The van der Waals surface area contributed by atoms with Gasteiger partial charge in [-0.15, -0.1) is 0 Å². The van der Waals surface area contributed by atoms with E-state index in [1.165, 1.54) is 37.7 Å². The monoisotopic (exact) mass is 416 g/mol. The lowest BCUT2D eigenvalue weighted by atomic mass is 9.82. The summed E-state index contributed by atoms with van der Waals surface area (Å²) in [6.07, 6.45) is 6.43. The Morgan fingerprint density at radius 1 is 1.13 bits per heavy atom. The number of fused-ring (bicyclic) bond motifs is 2. The summed E-state index contributed by atoms with van der Waals surface area (Å²) in [4.78, 5) is 7.58. The van der Waals surface area contributed by atoms with Gasteiger partial charge in [-0.05, 0) is 57.4 Å². The summed E-state index contributed by atoms with van der Waals surface area (Å²) in [5.41, 5.74) is 1.07. The van der Waals surface area contributed by atoms with Gasteiger partial charge < -0.3 is 25.0 Å². The molecule has 0 amide bonds. The van der Waals surface area contributed by atoms with Gasteiger partial charge in [-0.25, -0.2) is 0 Å². The number of rotatable bonds is 7. The standard InChI is InChI=1S/C24H40N4O2/c1-7-25-23(27-18-14-19-9-8-10-20(15-18)28(19)4)26-16-24(2,3)17-11-12-21(29-5)22(13-17)30-6/h11-13,18-20H,7-10,14-16H2,1-6H3,(H2,25,26,27). The number of benzene rings is 1. The van der Waals surface area contributed by atoms with Crippen LogP contribution in [0.15, 0.2) is 23.2 Å². The molecule has 2 fully saturated rings. The van der Waals surface area contributed by atoms with Gasteiger partial charge in [0.15, 0.2) is 17.5 Å². The van der Waals surface area contributed by atoms with Crippen LogP contribution >= 0.6 is 0 Å². The average molecular weight is 417 g/mol. The molecule has 3 rings (SSSR count). The van der Waals surface area contributed by atoms with Crippen LogP contribution in [0.2, 0.25) is 0 Å². The summed E-state index contributed by atoms with van der Waals surface area (Å²) in [6.45, 7) is 8.13. The van der Waals surface area contributed by atoms with Crippen LogP contribution in [0.1, 0.15) is 58.4 Å². The van der Waals surface area contributed by atoms with Gasteiger partial charge in [-0.2, -0.15) is 0 Å². The lowest BCUT2D eigenvalue weighted by molar-refractivity contribution is 0.0526. The summed E-state index contributed by atoms with van der Waals surface area (Å²) in [7, 11) is 5.64. The molecule has 1 aromatic carbocycles. The van der Waals surface area contributed by atoms with E-state index >= 15 is 0 Å². The molecule has 2 bridgehead atoms. The van der Waals surface area contributed by atoms with Gasteiger partial charge in [0.25, 0.3) is 0 Å². The molecule has 1 aromatic rings. The Hall–Kier alpha value is -1.95. The fourth-order valence-corrected chi connectivity index (χ4v) is 4.87. The van der Waals surface area contributed by atoms with E-state index in [9.17, 15) is 0 Å². The molecule has 2 aliphatic rings. The maximum Gasteiger partial charge on any atom is 0.191 e. The highest BCUT2D eigenvalue weighted by Gasteiger charge is 2.36. The van der Waals surface area contributed by atoms with E-state index in [1.54, 1.807) is 14.2 Å². The van der Waals surface area contributed by atoms with Crippen LogP contribution in [0.3, 0.4) is 0 Å².